The third-order valence-electron chi connectivity index (χ3n) is 3.73. The van der Waals surface area contributed by atoms with Crippen molar-refractivity contribution in [2.24, 2.45) is 11.7 Å². The van der Waals surface area contributed by atoms with Gasteiger partial charge >= 0.3 is 0 Å². The van der Waals surface area contributed by atoms with Gasteiger partial charge in [0.25, 0.3) is 0 Å². The zero-order valence-corrected chi connectivity index (χ0v) is 12.2. The maximum Gasteiger partial charge on any atom is 0.126 e. The number of H-pyrrole nitrogens is 1. The zero-order valence-electron chi connectivity index (χ0n) is 10.6. The number of rotatable bonds is 3. The molecule has 5 heteroatoms. The lowest BCUT2D eigenvalue weighted by Crippen LogP contribution is -2.36. The standard InChI is InChI=1S/C14H15BrFN3/c1-14(17,8-2-3-8)13-18-7-12(19-13)10-5-4-9(16)6-11(10)15/h4-8H,2-3,17H2,1H3,(H,18,19). The Bertz CT molecular complexity index is 617. The molecule has 0 amide bonds. The summed E-state index contributed by atoms with van der Waals surface area (Å²) in [5, 5.41) is 0. The summed E-state index contributed by atoms with van der Waals surface area (Å²) in [7, 11) is 0. The van der Waals surface area contributed by atoms with Crippen LogP contribution >= 0.6 is 15.9 Å². The number of nitrogens with zero attached hydrogens (tertiary/aromatic N) is 1. The fraction of sp³-hybridized carbons (Fsp3) is 0.357. The summed E-state index contributed by atoms with van der Waals surface area (Å²) >= 11 is 3.37. The van der Waals surface area contributed by atoms with Gasteiger partial charge in [0, 0.05) is 10.0 Å². The molecule has 100 valence electrons. The molecule has 1 unspecified atom stereocenters. The molecule has 1 aliphatic rings. The van der Waals surface area contributed by atoms with Crippen LogP contribution in [0.1, 0.15) is 25.6 Å². The number of hydrogen-bond donors (Lipinski definition) is 2. The van der Waals surface area contributed by atoms with Gasteiger partial charge in [0.15, 0.2) is 0 Å². The molecule has 1 aromatic heterocycles. The van der Waals surface area contributed by atoms with Crippen molar-refractivity contribution in [1.82, 2.24) is 9.97 Å². The van der Waals surface area contributed by atoms with Gasteiger partial charge in [-0.25, -0.2) is 9.37 Å². The lowest BCUT2D eigenvalue weighted by Gasteiger charge is -2.21. The molecule has 0 spiro atoms. The van der Waals surface area contributed by atoms with Crippen molar-refractivity contribution in [2.75, 3.05) is 0 Å². The molecule has 1 aromatic carbocycles. The Morgan fingerprint density at radius 2 is 2.21 bits per heavy atom. The first-order valence-electron chi connectivity index (χ1n) is 6.28. The predicted molar refractivity (Wildman–Crippen MR) is 75.9 cm³/mol. The number of imidazole rings is 1. The minimum atomic E-state index is -0.412. The van der Waals surface area contributed by atoms with E-state index >= 15 is 0 Å². The topological polar surface area (TPSA) is 54.7 Å². The van der Waals surface area contributed by atoms with E-state index in [0.29, 0.717) is 10.4 Å². The van der Waals surface area contributed by atoms with Gasteiger partial charge in [0.05, 0.1) is 17.4 Å². The number of hydrogen-bond acceptors (Lipinski definition) is 2. The van der Waals surface area contributed by atoms with Crippen LogP contribution in [0.25, 0.3) is 11.3 Å². The van der Waals surface area contributed by atoms with E-state index in [9.17, 15) is 4.39 Å². The molecular weight excluding hydrogens is 309 g/mol. The van der Waals surface area contributed by atoms with Gasteiger partial charge in [-0.3, -0.25) is 0 Å². The van der Waals surface area contributed by atoms with Crippen molar-refractivity contribution >= 4 is 15.9 Å². The molecule has 1 fully saturated rings. The van der Waals surface area contributed by atoms with Crippen LogP contribution in [-0.4, -0.2) is 9.97 Å². The van der Waals surface area contributed by atoms with Crippen molar-refractivity contribution in [3.63, 3.8) is 0 Å². The molecule has 1 atom stereocenters. The number of halogens is 2. The highest BCUT2D eigenvalue weighted by atomic mass is 79.9. The second-order valence-electron chi connectivity index (χ2n) is 5.33. The first-order valence-corrected chi connectivity index (χ1v) is 7.07. The summed E-state index contributed by atoms with van der Waals surface area (Å²) in [4.78, 5) is 7.66. The minimum absolute atomic E-state index is 0.267. The van der Waals surface area contributed by atoms with Crippen LogP contribution in [0, 0.1) is 11.7 Å². The molecule has 3 N–H and O–H groups in total. The van der Waals surface area contributed by atoms with Crippen molar-refractivity contribution < 1.29 is 4.39 Å². The average Bonchev–Trinajstić information content (AvgIpc) is 3.09. The van der Waals surface area contributed by atoms with Gasteiger partial charge in [-0.05, 0) is 59.8 Å². The van der Waals surface area contributed by atoms with Crippen LogP contribution in [-0.2, 0) is 5.54 Å². The monoisotopic (exact) mass is 323 g/mol. The number of nitrogens with two attached hydrogens (primary N) is 1. The van der Waals surface area contributed by atoms with Crippen LogP contribution in [0.2, 0.25) is 0 Å². The fourth-order valence-corrected chi connectivity index (χ4v) is 2.88. The van der Waals surface area contributed by atoms with Gasteiger partial charge in [0.2, 0.25) is 0 Å². The van der Waals surface area contributed by atoms with E-state index in [1.165, 1.54) is 12.1 Å². The molecule has 3 nitrogen and oxygen atoms in total. The summed E-state index contributed by atoms with van der Waals surface area (Å²) < 4.78 is 13.8. The molecule has 0 saturated heterocycles. The Morgan fingerprint density at radius 1 is 1.47 bits per heavy atom. The lowest BCUT2D eigenvalue weighted by molar-refractivity contribution is 0.404. The molecular formula is C14H15BrFN3. The van der Waals surface area contributed by atoms with E-state index in [0.717, 1.165) is 29.9 Å². The highest BCUT2D eigenvalue weighted by Crippen LogP contribution is 2.43. The van der Waals surface area contributed by atoms with Gasteiger partial charge in [-0.2, -0.15) is 0 Å². The van der Waals surface area contributed by atoms with Crippen LogP contribution in [0.5, 0.6) is 0 Å². The Balaban J connectivity index is 1.96. The smallest absolute Gasteiger partial charge is 0.126 e. The maximum absolute atomic E-state index is 13.1. The number of benzene rings is 1. The Kier molecular flexibility index (Phi) is 2.98. The highest BCUT2D eigenvalue weighted by Gasteiger charge is 2.41. The van der Waals surface area contributed by atoms with Crippen LogP contribution in [0.3, 0.4) is 0 Å². The lowest BCUT2D eigenvalue weighted by atomic mass is 9.97. The average molecular weight is 324 g/mol. The summed E-state index contributed by atoms with van der Waals surface area (Å²) in [5.74, 6) is 1.03. The van der Waals surface area contributed by atoms with E-state index in [1.54, 1.807) is 12.3 Å². The van der Waals surface area contributed by atoms with Gasteiger partial charge in [-0.1, -0.05) is 0 Å². The maximum atomic E-state index is 13.1. The fourth-order valence-electron chi connectivity index (χ4n) is 2.32. The summed E-state index contributed by atoms with van der Waals surface area (Å²) in [5.41, 5.74) is 7.65. The van der Waals surface area contributed by atoms with Crippen LogP contribution in [0.15, 0.2) is 28.9 Å². The highest BCUT2D eigenvalue weighted by molar-refractivity contribution is 9.10. The van der Waals surface area contributed by atoms with Crippen molar-refractivity contribution in [1.29, 1.82) is 0 Å². The van der Waals surface area contributed by atoms with Gasteiger partial charge in [0.1, 0.15) is 11.6 Å². The Hall–Kier alpha value is -1.20. The molecule has 0 radical (unpaired) electrons. The Morgan fingerprint density at radius 3 is 2.84 bits per heavy atom. The predicted octanol–water partition coefficient (Wildman–Crippen LogP) is 3.56. The third kappa shape index (κ3) is 2.32. The molecule has 1 heterocycles. The quantitative estimate of drug-likeness (QED) is 0.907. The van der Waals surface area contributed by atoms with E-state index in [-0.39, 0.29) is 5.82 Å². The van der Waals surface area contributed by atoms with Crippen LogP contribution < -0.4 is 5.73 Å². The molecule has 2 aromatic rings. The van der Waals surface area contributed by atoms with E-state index in [1.807, 2.05) is 6.92 Å². The molecule has 0 bridgehead atoms. The van der Waals surface area contributed by atoms with Gasteiger partial charge < -0.3 is 10.7 Å². The second kappa shape index (κ2) is 4.42. The number of aromatic nitrogens is 2. The van der Waals surface area contributed by atoms with E-state index in [2.05, 4.69) is 25.9 Å². The zero-order chi connectivity index (χ0) is 13.6. The largest absolute Gasteiger partial charge is 0.340 e. The summed E-state index contributed by atoms with van der Waals surface area (Å²) in [6.45, 7) is 2.01. The molecule has 0 aliphatic heterocycles. The Labute approximate surface area is 119 Å². The minimum Gasteiger partial charge on any atom is -0.340 e. The van der Waals surface area contributed by atoms with E-state index < -0.39 is 5.54 Å². The first-order chi connectivity index (χ1) is 8.98. The van der Waals surface area contributed by atoms with E-state index in [4.69, 9.17) is 5.73 Å². The van der Waals surface area contributed by atoms with Crippen molar-refractivity contribution in [2.45, 2.75) is 25.3 Å². The summed E-state index contributed by atoms with van der Waals surface area (Å²) in [6.07, 6.45) is 4.06. The summed E-state index contributed by atoms with van der Waals surface area (Å²) in [6, 6.07) is 4.60. The number of nitrogens with one attached hydrogen (secondary N) is 1. The normalized spacial score (nSPS) is 18.3. The third-order valence-corrected chi connectivity index (χ3v) is 4.39. The number of aromatic amines is 1. The van der Waals surface area contributed by atoms with Crippen LogP contribution in [0.4, 0.5) is 4.39 Å². The van der Waals surface area contributed by atoms with Crippen molar-refractivity contribution in [3.05, 3.63) is 40.5 Å². The van der Waals surface area contributed by atoms with Gasteiger partial charge in [-0.15, -0.1) is 0 Å². The molecule has 3 rings (SSSR count). The first kappa shape index (κ1) is 12.8. The molecule has 1 aliphatic carbocycles. The molecule has 1 saturated carbocycles. The van der Waals surface area contributed by atoms with Crippen molar-refractivity contribution in [3.8, 4) is 11.3 Å². The molecule has 19 heavy (non-hydrogen) atoms. The second-order valence-corrected chi connectivity index (χ2v) is 6.18. The SMILES string of the molecule is CC(N)(c1ncc(-c2ccc(F)cc2Br)[nH]1)C1CC1.